The van der Waals surface area contributed by atoms with Crippen LogP contribution in [0.1, 0.15) is 18.7 Å². The zero-order valence-corrected chi connectivity index (χ0v) is 18.7. The minimum absolute atomic E-state index is 0.178. The maximum absolute atomic E-state index is 13.3. The number of carboxylic acids is 1. The number of carbonyl (C=O) groups is 1. The van der Waals surface area contributed by atoms with Crippen molar-refractivity contribution in [3.63, 3.8) is 0 Å². The fourth-order valence-electron chi connectivity index (χ4n) is 2.85. The number of aromatic amines is 1. The van der Waals surface area contributed by atoms with Gasteiger partial charge in [0.2, 0.25) is 0 Å². The van der Waals surface area contributed by atoms with E-state index in [1.807, 2.05) is 0 Å². The van der Waals surface area contributed by atoms with Crippen LogP contribution in [0, 0.1) is 19.3 Å². The fourth-order valence-corrected chi connectivity index (χ4v) is 4.37. The van der Waals surface area contributed by atoms with Gasteiger partial charge in [0, 0.05) is 11.8 Å². The number of hydrogen-bond donors (Lipinski definition) is 3. The molecule has 0 spiro atoms. The lowest BCUT2D eigenvalue weighted by Crippen LogP contribution is -2.38. The molecule has 0 aliphatic carbocycles. The predicted molar refractivity (Wildman–Crippen MR) is 118 cm³/mol. The molecule has 1 aromatic carbocycles. The van der Waals surface area contributed by atoms with Crippen LogP contribution in [0.4, 0.5) is 0 Å². The van der Waals surface area contributed by atoms with Crippen LogP contribution in [-0.2, 0) is 18.6 Å². The standard InChI is InChI=1S/C21H22N3O8P/c1-4-21(11-10-17(31-21)24-12-14(2)18(25)22-20(24)28)13-30-33(29,23-15(3)19(26)27)32-16-8-6-5-7-9-16/h1,5-12,15,17H,13H2,2-3H3,(H,23,29)(H,26,27)(H,22,25,28)/t15?,17-,21+,33-/m1/s1. The van der Waals surface area contributed by atoms with Gasteiger partial charge in [-0.1, -0.05) is 24.1 Å². The molecule has 0 saturated heterocycles. The third-order valence-electron chi connectivity index (χ3n) is 4.67. The summed E-state index contributed by atoms with van der Waals surface area (Å²) in [7, 11) is -4.23. The number of aliphatic carboxylic acids is 1. The van der Waals surface area contributed by atoms with Gasteiger partial charge in [-0.25, -0.2) is 9.36 Å². The highest BCUT2D eigenvalue weighted by atomic mass is 31.2. The van der Waals surface area contributed by atoms with E-state index in [2.05, 4.69) is 16.0 Å². The Kier molecular flexibility index (Phi) is 7.05. The first-order chi connectivity index (χ1) is 15.6. The largest absolute Gasteiger partial charge is 0.480 e. The van der Waals surface area contributed by atoms with E-state index in [0.29, 0.717) is 0 Å². The molecule has 1 aliphatic rings. The molecule has 0 radical (unpaired) electrons. The molecule has 33 heavy (non-hydrogen) atoms. The lowest BCUT2D eigenvalue weighted by molar-refractivity contribution is -0.138. The normalized spacial score (nSPS) is 22.3. The molecule has 0 saturated carbocycles. The van der Waals surface area contributed by atoms with E-state index in [4.69, 9.17) is 20.2 Å². The summed E-state index contributed by atoms with van der Waals surface area (Å²) in [6.07, 6.45) is 8.92. The molecule has 1 aromatic heterocycles. The summed E-state index contributed by atoms with van der Waals surface area (Å²) in [5.74, 6) is 1.30. The molecule has 174 valence electrons. The molecule has 1 unspecified atom stereocenters. The first-order valence-electron chi connectivity index (χ1n) is 9.73. The van der Waals surface area contributed by atoms with Gasteiger partial charge in [-0.15, -0.1) is 6.42 Å². The minimum atomic E-state index is -4.23. The maximum atomic E-state index is 13.3. The number of aryl methyl sites for hydroxylation is 1. The zero-order valence-electron chi connectivity index (χ0n) is 17.8. The van der Waals surface area contributed by atoms with Crippen molar-refractivity contribution in [2.24, 2.45) is 0 Å². The van der Waals surface area contributed by atoms with Crippen molar-refractivity contribution in [1.29, 1.82) is 0 Å². The van der Waals surface area contributed by atoms with Crippen LogP contribution >= 0.6 is 7.75 Å². The Morgan fingerprint density at radius 3 is 2.76 bits per heavy atom. The smallest absolute Gasteiger partial charge is 0.459 e. The molecule has 0 bridgehead atoms. The Balaban J connectivity index is 1.81. The van der Waals surface area contributed by atoms with E-state index >= 15 is 0 Å². The van der Waals surface area contributed by atoms with Gasteiger partial charge in [0.25, 0.3) is 5.56 Å². The van der Waals surface area contributed by atoms with E-state index in [1.165, 1.54) is 44.3 Å². The van der Waals surface area contributed by atoms with Crippen LogP contribution in [0.15, 0.2) is 58.3 Å². The summed E-state index contributed by atoms with van der Waals surface area (Å²) < 4.78 is 31.2. The monoisotopic (exact) mass is 475 g/mol. The lowest BCUT2D eigenvalue weighted by atomic mass is 10.1. The molecule has 11 nitrogen and oxygen atoms in total. The van der Waals surface area contributed by atoms with E-state index in [9.17, 15) is 24.1 Å². The van der Waals surface area contributed by atoms with E-state index in [1.54, 1.807) is 18.2 Å². The SMILES string of the molecule is C#C[C@@]1(CO[P@](=O)(NC(C)C(=O)O)Oc2ccccc2)C=C[C@H](n2cc(C)c(=O)[nH]c2=O)O1. The number of nitrogens with zero attached hydrogens (tertiary/aromatic N) is 1. The van der Waals surface area contributed by atoms with Crippen LogP contribution in [-0.4, -0.2) is 38.9 Å². The second-order valence-electron chi connectivity index (χ2n) is 7.24. The number of nitrogens with one attached hydrogen (secondary N) is 2. The molecule has 4 atom stereocenters. The third kappa shape index (κ3) is 5.69. The first-order valence-corrected chi connectivity index (χ1v) is 11.3. The van der Waals surface area contributed by atoms with Gasteiger partial charge in [-0.3, -0.25) is 23.7 Å². The molecular weight excluding hydrogens is 453 g/mol. The number of carboxylic acid groups (broad SMARTS) is 1. The molecule has 3 N–H and O–H groups in total. The number of H-pyrrole nitrogens is 1. The number of aromatic nitrogens is 2. The summed E-state index contributed by atoms with van der Waals surface area (Å²) in [6, 6.07) is 6.77. The maximum Gasteiger partial charge on any atom is 0.459 e. The van der Waals surface area contributed by atoms with E-state index in [0.717, 1.165) is 4.57 Å². The number of para-hydroxylation sites is 1. The number of terminal acetylenes is 1. The Labute approximate surface area is 188 Å². The topological polar surface area (TPSA) is 149 Å². The van der Waals surface area contributed by atoms with Crippen molar-refractivity contribution in [3.05, 3.63) is 75.1 Å². The van der Waals surface area contributed by atoms with Crippen LogP contribution in [0.5, 0.6) is 5.75 Å². The van der Waals surface area contributed by atoms with Gasteiger partial charge < -0.3 is 14.4 Å². The van der Waals surface area contributed by atoms with Crippen molar-refractivity contribution in [2.45, 2.75) is 31.7 Å². The molecule has 2 heterocycles. The summed E-state index contributed by atoms with van der Waals surface area (Å²) in [6.45, 7) is 2.31. The Hall–Kier alpha value is -3.42. The van der Waals surface area contributed by atoms with Crippen LogP contribution in [0.2, 0.25) is 0 Å². The summed E-state index contributed by atoms with van der Waals surface area (Å²) in [5, 5.41) is 11.5. The van der Waals surface area contributed by atoms with Gasteiger partial charge in [0.15, 0.2) is 11.8 Å². The average molecular weight is 475 g/mol. The van der Waals surface area contributed by atoms with E-state index < -0.39 is 49.4 Å². The Morgan fingerprint density at radius 1 is 1.42 bits per heavy atom. The first kappa shape index (κ1) is 24.2. The van der Waals surface area contributed by atoms with Gasteiger partial charge in [-0.05, 0) is 38.1 Å². The molecule has 0 fully saturated rings. The lowest BCUT2D eigenvalue weighted by Gasteiger charge is -2.27. The Bertz CT molecular complexity index is 1260. The number of hydrogen-bond acceptors (Lipinski definition) is 7. The fraction of sp³-hybridized carbons (Fsp3) is 0.286. The Morgan fingerprint density at radius 2 is 2.12 bits per heavy atom. The highest BCUT2D eigenvalue weighted by Gasteiger charge is 2.40. The predicted octanol–water partition coefficient (Wildman–Crippen LogP) is 1.57. The van der Waals surface area contributed by atoms with Crippen LogP contribution in [0.3, 0.4) is 0 Å². The van der Waals surface area contributed by atoms with Crippen LogP contribution in [0.25, 0.3) is 0 Å². The van der Waals surface area contributed by atoms with Crippen molar-refractivity contribution in [2.75, 3.05) is 6.61 Å². The quantitative estimate of drug-likeness (QED) is 0.279. The molecule has 2 aromatic rings. The molecular formula is C21H22N3O8P. The second-order valence-corrected chi connectivity index (χ2v) is 8.94. The average Bonchev–Trinajstić information content (AvgIpc) is 3.20. The molecule has 3 rings (SSSR count). The van der Waals surface area contributed by atoms with Gasteiger partial charge >= 0.3 is 19.4 Å². The number of benzene rings is 1. The van der Waals surface area contributed by atoms with Crippen molar-refractivity contribution in [1.82, 2.24) is 14.6 Å². The summed E-state index contributed by atoms with van der Waals surface area (Å²) >= 11 is 0. The zero-order chi connectivity index (χ0) is 24.2. The number of rotatable bonds is 9. The van der Waals surface area contributed by atoms with Gasteiger partial charge in [0.1, 0.15) is 18.4 Å². The second kappa shape index (κ2) is 9.60. The van der Waals surface area contributed by atoms with Crippen molar-refractivity contribution < 1.29 is 28.3 Å². The van der Waals surface area contributed by atoms with Crippen LogP contribution < -0.4 is 20.9 Å². The van der Waals surface area contributed by atoms with Gasteiger partial charge in [0.05, 0.1) is 0 Å². The number of ether oxygens (including phenoxy) is 1. The van der Waals surface area contributed by atoms with Gasteiger partial charge in [-0.2, -0.15) is 5.09 Å². The summed E-state index contributed by atoms with van der Waals surface area (Å²) in [5.41, 5.74) is -2.49. The van der Waals surface area contributed by atoms with Crippen molar-refractivity contribution >= 4 is 13.7 Å². The minimum Gasteiger partial charge on any atom is -0.480 e. The molecule has 0 amide bonds. The van der Waals surface area contributed by atoms with Crippen molar-refractivity contribution in [3.8, 4) is 18.1 Å². The molecule has 12 heteroatoms. The highest BCUT2D eigenvalue weighted by molar-refractivity contribution is 7.52. The summed E-state index contributed by atoms with van der Waals surface area (Å²) in [4.78, 5) is 37.2. The molecule has 1 aliphatic heterocycles. The van der Waals surface area contributed by atoms with E-state index in [-0.39, 0.29) is 11.3 Å². The highest BCUT2D eigenvalue weighted by Crippen LogP contribution is 2.46. The third-order valence-corrected chi connectivity index (χ3v) is 6.29.